The van der Waals surface area contributed by atoms with Crippen molar-refractivity contribution < 1.29 is 9.84 Å². The lowest BCUT2D eigenvalue weighted by atomic mass is 9.84. The highest BCUT2D eigenvalue weighted by atomic mass is 127. The maximum Gasteiger partial charge on any atom is 0.191 e. The van der Waals surface area contributed by atoms with Crippen molar-refractivity contribution in [3.05, 3.63) is 35.4 Å². The fourth-order valence-corrected chi connectivity index (χ4v) is 2.83. The summed E-state index contributed by atoms with van der Waals surface area (Å²) < 4.78 is 5.52. The lowest BCUT2D eigenvalue weighted by Crippen LogP contribution is -2.44. The number of ether oxygens (including phenoxy) is 1. The summed E-state index contributed by atoms with van der Waals surface area (Å²) in [5, 5.41) is 24.9. The summed E-state index contributed by atoms with van der Waals surface area (Å²) in [5.41, 5.74) is 1.62. The molecule has 25 heavy (non-hydrogen) atoms. The minimum absolute atomic E-state index is 0. The molecule has 7 heteroatoms. The molecule has 1 aliphatic rings. The molecule has 2 rings (SSSR count). The van der Waals surface area contributed by atoms with Crippen LogP contribution in [-0.4, -0.2) is 44.0 Å². The van der Waals surface area contributed by atoms with Gasteiger partial charge in [-0.15, -0.1) is 24.0 Å². The van der Waals surface area contributed by atoms with Gasteiger partial charge in [0.1, 0.15) is 0 Å². The third-order valence-electron chi connectivity index (χ3n) is 4.28. The van der Waals surface area contributed by atoms with Gasteiger partial charge in [0.2, 0.25) is 0 Å². The van der Waals surface area contributed by atoms with Crippen molar-refractivity contribution in [2.24, 2.45) is 10.4 Å². The first kappa shape index (κ1) is 21.7. The summed E-state index contributed by atoms with van der Waals surface area (Å²) in [6, 6.07) is 9.62. The van der Waals surface area contributed by atoms with Crippen LogP contribution in [0.5, 0.6) is 0 Å². The van der Waals surface area contributed by atoms with Gasteiger partial charge in [-0.05, 0) is 37.5 Å². The number of nitrogens with one attached hydrogen (secondary N) is 2. The first-order chi connectivity index (χ1) is 11.7. The average Bonchev–Trinajstić information content (AvgIpc) is 3.07. The predicted octanol–water partition coefficient (Wildman–Crippen LogP) is 2.02. The molecule has 0 spiro atoms. The number of guanidine groups is 1. The third kappa shape index (κ3) is 6.80. The predicted molar refractivity (Wildman–Crippen MR) is 109 cm³/mol. The van der Waals surface area contributed by atoms with Crippen LogP contribution in [0, 0.1) is 16.7 Å². The number of aliphatic hydroxyl groups is 1. The Bertz CT molecular complexity index is 595. The molecular weight excluding hydrogens is 431 g/mol. The van der Waals surface area contributed by atoms with Crippen LogP contribution in [0.1, 0.15) is 30.9 Å². The van der Waals surface area contributed by atoms with Crippen LogP contribution in [0.2, 0.25) is 0 Å². The molecule has 0 amide bonds. The highest BCUT2D eigenvalue weighted by Crippen LogP contribution is 2.31. The summed E-state index contributed by atoms with van der Waals surface area (Å²) in [4.78, 5) is 4.59. The van der Waals surface area contributed by atoms with Crippen molar-refractivity contribution in [3.8, 4) is 6.07 Å². The van der Waals surface area contributed by atoms with Crippen LogP contribution in [0.25, 0.3) is 0 Å². The standard InChI is InChI=1S/C18H26N4O2.HI/c1-2-20-17(21-12-16-5-3-4-15(10-16)11-19)22-13-18(6-8-23)7-9-24-14-18;/h3-5,10,23H,2,6-9,12-14H2,1H3,(H2,20,21,22);1H. The van der Waals surface area contributed by atoms with Crippen LogP contribution in [0.3, 0.4) is 0 Å². The van der Waals surface area contributed by atoms with Crippen molar-refractivity contribution in [1.82, 2.24) is 10.6 Å². The zero-order valence-electron chi connectivity index (χ0n) is 14.6. The van der Waals surface area contributed by atoms with Crippen LogP contribution in [0.15, 0.2) is 29.3 Å². The SMILES string of the molecule is CCNC(=NCc1cccc(C#N)c1)NCC1(CCO)CCOC1.I. The van der Waals surface area contributed by atoms with E-state index in [0.717, 1.165) is 44.1 Å². The minimum Gasteiger partial charge on any atom is -0.396 e. The highest BCUT2D eigenvalue weighted by molar-refractivity contribution is 14.0. The summed E-state index contributed by atoms with van der Waals surface area (Å²) in [7, 11) is 0. The van der Waals surface area contributed by atoms with Gasteiger partial charge in [-0.3, -0.25) is 0 Å². The molecule has 0 radical (unpaired) electrons. The molecule has 1 aliphatic heterocycles. The van der Waals surface area contributed by atoms with Gasteiger partial charge in [0, 0.05) is 31.7 Å². The number of hydrogen-bond donors (Lipinski definition) is 3. The summed E-state index contributed by atoms with van der Waals surface area (Å²) in [5.74, 6) is 0.740. The summed E-state index contributed by atoms with van der Waals surface area (Å²) >= 11 is 0. The lowest BCUT2D eigenvalue weighted by molar-refractivity contribution is 0.127. The quantitative estimate of drug-likeness (QED) is 0.331. The maximum atomic E-state index is 9.31. The number of benzene rings is 1. The second-order valence-electron chi connectivity index (χ2n) is 6.14. The highest BCUT2D eigenvalue weighted by Gasteiger charge is 2.34. The van der Waals surface area contributed by atoms with Crippen molar-refractivity contribution >= 4 is 29.9 Å². The first-order valence-electron chi connectivity index (χ1n) is 8.41. The normalized spacial score (nSPS) is 19.8. The largest absolute Gasteiger partial charge is 0.396 e. The maximum absolute atomic E-state index is 9.31. The van der Waals surface area contributed by atoms with E-state index < -0.39 is 0 Å². The Morgan fingerprint density at radius 1 is 1.44 bits per heavy atom. The van der Waals surface area contributed by atoms with E-state index in [1.54, 1.807) is 6.07 Å². The smallest absolute Gasteiger partial charge is 0.191 e. The van der Waals surface area contributed by atoms with Crippen molar-refractivity contribution in [1.29, 1.82) is 5.26 Å². The topological polar surface area (TPSA) is 89.7 Å². The van der Waals surface area contributed by atoms with E-state index in [-0.39, 0.29) is 36.0 Å². The molecule has 138 valence electrons. The monoisotopic (exact) mass is 458 g/mol. The molecule has 0 aliphatic carbocycles. The Hall–Kier alpha value is -1.37. The number of hydrogen-bond acceptors (Lipinski definition) is 4. The number of aliphatic hydroxyl groups excluding tert-OH is 1. The molecule has 1 aromatic carbocycles. The number of nitrogens with zero attached hydrogens (tertiary/aromatic N) is 2. The average molecular weight is 458 g/mol. The minimum atomic E-state index is -0.0222. The van der Waals surface area contributed by atoms with E-state index in [2.05, 4.69) is 21.7 Å². The first-order valence-corrected chi connectivity index (χ1v) is 8.41. The van der Waals surface area contributed by atoms with Gasteiger partial charge >= 0.3 is 0 Å². The molecule has 1 fully saturated rings. The zero-order valence-corrected chi connectivity index (χ0v) is 17.0. The fraction of sp³-hybridized carbons (Fsp3) is 0.556. The molecule has 0 saturated carbocycles. The van der Waals surface area contributed by atoms with Crippen LogP contribution >= 0.6 is 24.0 Å². The van der Waals surface area contributed by atoms with Gasteiger partial charge in [0.15, 0.2) is 5.96 Å². The Labute approximate surface area is 166 Å². The molecule has 3 N–H and O–H groups in total. The molecule has 0 aromatic heterocycles. The molecule has 1 aromatic rings. The number of aliphatic imine (C=N–C) groups is 1. The van der Waals surface area contributed by atoms with Gasteiger partial charge in [0.05, 0.1) is 24.8 Å². The molecular formula is C18H27IN4O2. The van der Waals surface area contributed by atoms with Crippen LogP contribution in [-0.2, 0) is 11.3 Å². The molecule has 6 nitrogen and oxygen atoms in total. The van der Waals surface area contributed by atoms with Gasteiger partial charge in [-0.25, -0.2) is 4.99 Å². The Morgan fingerprint density at radius 2 is 2.28 bits per heavy atom. The van der Waals surface area contributed by atoms with Crippen LogP contribution in [0.4, 0.5) is 0 Å². The summed E-state index contributed by atoms with van der Waals surface area (Å²) in [6.07, 6.45) is 1.67. The zero-order chi connectivity index (χ0) is 17.3. The van der Waals surface area contributed by atoms with E-state index in [9.17, 15) is 5.11 Å². The number of nitriles is 1. The molecule has 1 unspecified atom stereocenters. The third-order valence-corrected chi connectivity index (χ3v) is 4.28. The Kier molecular flexibility index (Phi) is 9.78. The van der Waals surface area contributed by atoms with Gasteiger partial charge in [0.25, 0.3) is 0 Å². The Balaban J connectivity index is 0.00000312. The van der Waals surface area contributed by atoms with Crippen LogP contribution < -0.4 is 10.6 Å². The van der Waals surface area contributed by atoms with E-state index in [1.807, 2.05) is 25.1 Å². The van der Waals surface area contributed by atoms with Gasteiger partial charge < -0.3 is 20.5 Å². The van der Waals surface area contributed by atoms with E-state index in [1.165, 1.54) is 0 Å². The molecule has 1 atom stereocenters. The number of rotatable bonds is 7. The lowest BCUT2D eigenvalue weighted by Gasteiger charge is -2.27. The van der Waals surface area contributed by atoms with Gasteiger partial charge in [-0.2, -0.15) is 5.26 Å². The molecule has 1 saturated heterocycles. The second-order valence-corrected chi connectivity index (χ2v) is 6.14. The number of halogens is 1. The van der Waals surface area contributed by atoms with Crippen molar-refractivity contribution in [2.75, 3.05) is 32.9 Å². The van der Waals surface area contributed by atoms with Crippen molar-refractivity contribution in [3.63, 3.8) is 0 Å². The van der Waals surface area contributed by atoms with Gasteiger partial charge in [-0.1, -0.05) is 12.1 Å². The fourth-order valence-electron chi connectivity index (χ4n) is 2.83. The van der Waals surface area contributed by atoms with Crippen molar-refractivity contribution in [2.45, 2.75) is 26.3 Å². The molecule has 1 heterocycles. The second kappa shape index (κ2) is 11.3. The van der Waals surface area contributed by atoms with E-state index in [4.69, 9.17) is 10.00 Å². The molecule has 0 bridgehead atoms. The summed E-state index contributed by atoms with van der Waals surface area (Å²) in [6.45, 7) is 5.61. The van der Waals surface area contributed by atoms with E-state index >= 15 is 0 Å². The van der Waals surface area contributed by atoms with E-state index in [0.29, 0.717) is 18.7 Å². The Morgan fingerprint density at radius 3 is 2.92 bits per heavy atom.